The SMILES string of the molecule is CCNC(c1cncnc1)C1CN2CCCC2CO1. The van der Waals surface area contributed by atoms with Crippen molar-refractivity contribution in [1.82, 2.24) is 20.2 Å². The van der Waals surface area contributed by atoms with Crippen LogP contribution in [0, 0.1) is 0 Å². The molecule has 1 aromatic heterocycles. The van der Waals surface area contributed by atoms with Gasteiger partial charge in [0.25, 0.3) is 0 Å². The molecule has 0 amide bonds. The molecule has 0 aromatic carbocycles. The van der Waals surface area contributed by atoms with Crippen molar-refractivity contribution < 1.29 is 4.74 Å². The van der Waals surface area contributed by atoms with Crippen LogP contribution in [0.2, 0.25) is 0 Å². The molecular weight excluding hydrogens is 240 g/mol. The number of hydrogen-bond acceptors (Lipinski definition) is 5. The highest BCUT2D eigenvalue weighted by atomic mass is 16.5. The van der Waals surface area contributed by atoms with Crippen LogP contribution < -0.4 is 5.32 Å². The molecule has 0 saturated carbocycles. The van der Waals surface area contributed by atoms with Gasteiger partial charge in [0.1, 0.15) is 6.33 Å². The van der Waals surface area contributed by atoms with Crippen LogP contribution in [-0.2, 0) is 4.74 Å². The molecule has 3 unspecified atom stereocenters. The van der Waals surface area contributed by atoms with E-state index in [4.69, 9.17) is 4.74 Å². The van der Waals surface area contributed by atoms with Crippen LogP contribution in [0.4, 0.5) is 0 Å². The number of rotatable bonds is 4. The third-order valence-corrected chi connectivity index (χ3v) is 4.15. The van der Waals surface area contributed by atoms with E-state index in [0.717, 1.165) is 25.3 Å². The molecule has 19 heavy (non-hydrogen) atoms. The third kappa shape index (κ3) is 2.78. The summed E-state index contributed by atoms with van der Waals surface area (Å²) in [4.78, 5) is 10.8. The summed E-state index contributed by atoms with van der Waals surface area (Å²) in [6.45, 7) is 6.13. The zero-order valence-electron chi connectivity index (χ0n) is 11.5. The maximum Gasteiger partial charge on any atom is 0.115 e. The molecular formula is C14H22N4O. The van der Waals surface area contributed by atoms with Crippen LogP contribution >= 0.6 is 0 Å². The number of hydrogen-bond donors (Lipinski definition) is 1. The molecule has 1 N–H and O–H groups in total. The number of nitrogens with zero attached hydrogens (tertiary/aromatic N) is 3. The Kier molecular flexibility index (Phi) is 4.06. The highest BCUT2D eigenvalue weighted by molar-refractivity contribution is 5.12. The number of likely N-dealkylation sites (N-methyl/N-ethyl adjacent to an activating group) is 1. The largest absolute Gasteiger partial charge is 0.373 e. The van der Waals surface area contributed by atoms with E-state index in [-0.39, 0.29) is 12.1 Å². The Morgan fingerprint density at radius 3 is 3.11 bits per heavy atom. The maximum absolute atomic E-state index is 6.10. The summed E-state index contributed by atoms with van der Waals surface area (Å²) >= 11 is 0. The quantitative estimate of drug-likeness (QED) is 0.877. The second kappa shape index (κ2) is 5.94. The molecule has 0 spiro atoms. The van der Waals surface area contributed by atoms with Crippen molar-refractivity contribution >= 4 is 0 Å². The van der Waals surface area contributed by atoms with Crippen molar-refractivity contribution in [3.63, 3.8) is 0 Å². The molecule has 0 aliphatic carbocycles. The van der Waals surface area contributed by atoms with Crippen molar-refractivity contribution in [3.05, 3.63) is 24.3 Å². The van der Waals surface area contributed by atoms with Crippen LogP contribution in [-0.4, -0.2) is 53.3 Å². The third-order valence-electron chi connectivity index (χ3n) is 4.15. The van der Waals surface area contributed by atoms with Gasteiger partial charge in [0, 0.05) is 30.5 Å². The van der Waals surface area contributed by atoms with Gasteiger partial charge in [-0.1, -0.05) is 6.92 Å². The number of aromatic nitrogens is 2. The minimum absolute atomic E-state index is 0.188. The lowest BCUT2D eigenvalue weighted by Crippen LogP contribution is -2.50. The monoisotopic (exact) mass is 262 g/mol. The van der Waals surface area contributed by atoms with Crippen molar-refractivity contribution in [2.75, 3.05) is 26.2 Å². The average Bonchev–Trinajstić information content (AvgIpc) is 2.93. The number of morpholine rings is 1. The highest BCUT2D eigenvalue weighted by Gasteiger charge is 2.36. The summed E-state index contributed by atoms with van der Waals surface area (Å²) in [6, 6.07) is 0.832. The molecule has 2 saturated heterocycles. The van der Waals surface area contributed by atoms with E-state index >= 15 is 0 Å². The fourth-order valence-electron chi connectivity index (χ4n) is 3.20. The van der Waals surface area contributed by atoms with Crippen molar-refractivity contribution in [2.24, 2.45) is 0 Å². The molecule has 0 radical (unpaired) electrons. The van der Waals surface area contributed by atoms with E-state index in [1.807, 2.05) is 12.4 Å². The van der Waals surface area contributed by atoms with Gasteiger partial charge in [-0.2, -0.15) is 0 Å². The topological polar surface area (TPSA) is 50.3 Å². The van der Waals surface area contributed by atoms with Crippen LogP contribution in [0.5, 0.6) is 0 Å². The highest BCUT2D eigenvalue weighted by Crippen LogP contribution is 2.28. The Hall–Kier alpha value is -1.04. The number of fused-ring (bicyclic) bond motifs is 1. The molecule has 5 nitrogen and oxygen atoms in total. The number of nitrogens with one attached hydrogen (secondary N) is 1. The van der Waals surface area contributed by atoms with E-state index in [1.54, 1.807) is 6.33 Å². The van der Waals surface area contributed by atoms with Gasteiger partial charge in [-0.3, -0.25) is 4.90 Å². The fourth-order valence-corrected chi connectivity index (χ4v) is 3.20. The lowest BCUT2D eigenvalue weighted by molar-refractivity contribution is -0.0651. The van der Waals surface area contributed by atoms with E-state index in [9.17, 15) is 0 Å². The van der Waals surface area contributed by atoms with Crippen LogP contribution in [0.1, 0.15) is 31.4 Å². The molecule has 3 heterocycles. The van der Waals surface area contributed by atoms with E-state index in [0.29, 0.717) is 6.04 Å². The van der Waals surface area contributed by atoms with Gasteiger partial charge in [0.15, 0.2) is 0 Å². The van der Waals surface area contributed by atoms with Crippen molar-refractivity contribution in [3.8, 4) is 0 Å². The average molecular weight is 262 g/mol. The molecule has 2 aliphatic heterocycles. The number of ether oxygens (including phenoxy) is 1. The summed E-state index contributed by atoms with van der Waals surface area (Å²) in [6.07, 6.45) is 8.14. The first-order valence-electron chi connectivity index (χ1n) is 7.22. The van der Waals surface area contributed by atoms with E-state index in [1.165, 1.54) is 19.4 Å². The Morgan fingerprint density at radius 1 is 1.47 bits per heavy atom. The van der Waals surface area contributed by atoms with Crippen LogP contribution in [0.15, 0.2) is 18.7 Å². The first kappa shape index (κ1) is 13.0. The molecule has 3 atom stereocenters. The van der Waals surface area contributed by atoms with E-state index in [2.05, 4.69) is 27.1 Å². The molecule has 1 aromatic rings. The second-order valence-electron chi connectivity index (χ2n) is 5.37. The predicted octanol–water partition coefficient (Wildman–Crippen LogP) is 0.990. The molecule has 2 aliphatic rings. The van der Waals surface area contributed by atoms with Gasteiger partial charge in [-0.25, -0.2) is 9.97 Å². The predicted molar refractivity (Wildman–Crippen MR) is 72.8 cm³/mol. The molecule has 104 valence electrons. The van der Waals surface area contributed by atoms with Crippen LogP contribution in [0.25, 0.3) is 0 Å². The maximum atomic E-state index is 6.10. The first-order chi connectivity index (χ1) is 9.38. The molecule has 0 bridgehead atoms. The Bertz CT molecular complexity index is 400. The van der Waals surface area contributed by atoms with Gasteiger partial charge in [-0.15, -0.1) is 0 Å². The summed E-state index contributed by atoms with van der Waals surface area (Å²) in [7, 11) is 0. The van der Waals surface area contributed by atoms with Gasteiger partial charge < -0.3 is 10.1 Å². The fraction of sp³-hybridized carbons (Fsp3) is 0.714. The van der Waals surface area contributed by atoms with Crippen LogP contribution in [0.3, 0.4) is 0 Å². The zero-order valence-corrected chi connectivity index (χ0v) is 11.5. The Balaban J connectivity index is 1.73. The second-order valence-corrected chi connectivity index (χ2v) is 5.37. The smallest absolute Gasteiger partial charge is 0.115 e. The minimum Gasteiger partial charge on any atom is -0.373 e. The summed E-state index contributed by atoms with van der Waals surface area (Å²) in [5, 5.41) is 3.52. The van der Waals surface area contributed by atoms with E-state index < -0.39 is 0 Å². The van der Waals surface area contributed by atoms with Crippen molar-refractivity contribution in [2.45, 2.75) is 38.0 Å². The Morgan fingerprint density at radius 2 is 2.32 bits per heavy atom. The van der Waals surface area contributed by atoms with Gasteiger partial charge in [0.2, 0.25) is 0 Å². The standard InChI is InChI=1S/C14H22N4O/c1-2-17-14(11-6-15-10-16-7-11)13-8-18-5-3-4-12(18)9-19-13/h6-7,10,12-14,17H,2-5,8-9H2,1H3. The normalized spacial score (nSPS) is 29.1. The zero-order chi connectivity index (χ0) is 13.1. The lowest BCUT2D eigenvalue weighted by Gasteiger charge is -2.39. The van der Waals surface area contributed by atoms with Gasteiger partial charge in [0.05, 0.1) is 18.8 Å². The molecule has 2 fully saturated rings. The van der Waals surface area contributed by atoms with Crippen molar-refractivity contribution in [1.29, 1.82) is 0 Å². The Labute approximate surface area is 114 Å². The summed E-state index contributed by atoms with van der Waals surface area (Å²) in [5.41, 5.74) is 1.12. The van der Waals surface area contributed by atoms with Gasteiger partial charge in [-0.05, 0) is 25.9 Å². The lowest BCUT2D eigenvalue weighted by atomic mass is 10.0. The molecule has 5 heteroatoms. The minimum atomic E-state index is 0.188. The summed E-state index contributed by atoms with van der Waals surface area (Å²) in [5.74, 6) is 0. The first-order valence-corrected chi connectivity index (χ1v) is 7.22. The summed E-state index contributed by atoms with van der Waals surface area (Å²) < 4.78 is 6.10. The molecule has 3 rings (SSSR count). The van der Waals surface area contributed by atoms with Gasteiger partial charge >= 0.3 is 0 Å².